The van der Waals surface area contributed by atoms with Gasteiger partial charge in [0.1, 0.15) is 0 Å². The number of aromatic nitrogens is 3. The van der Waals surface area contributed by atoms with E-state index in [1.165, 1.54) is 10.7 Å². The summed E-state index contributed by atoms with van der Waals surface area (Å²) in [6, 6.07) is 4.84. The van der Waals surface area contributed by atoms with Crippen molar-refractivity contribution >= 4 is 22.4 Å². The van der Waals surface area contributed by atoms with Crippen molar-refractivity contribution in [2.24, 2.45) is 13.0 Å². The molecule has 0 aliphatic carbocycles. The highest BCUT2D eigenvalue weighted by Gasteiger charge is 2.19. The average Bonchev–Trinajstić information content (AvgIpc) is 2.85. The third kappa shape index (κ3) is 2.63. The normalized spacial score (nSPS) is 11.6. The highest BCUT2D eigenvalue weighted by molar-refractivity contribution is 6.30. The minimum absolute atomic E-state index is 0.0538. The first kappa shape index (κ1) is 16.7. The van der Waals surface area contributed by atoms with Gasteiger partial charge < -0.3 is 4.57 Å². The Bertz CT molecular complexity index is 988. The van der Waals surface area contributed by atoms with Crippen LogP contribution in [0, 0.1) is 18.7 Å². The van der Waals surface area contributed by atoms with Crippen LogP contribution in [0.5, 0.6) is 0 Å². The van der Waals surface area contributed by atoms with Crippen molar-refractivity contribution < 1.29 is 4.39 Å². The van der Waals surface area contributed by atoms with Crippen LogP contribution in [0.2, 0.25) is 5.02 Å². The van der Waals surface area contributed by atoms with Crippen LogP contribution < -0.4 is 5.56 Å². The minimum Gasteiger partial charge on any atom is -0.317 e. The molecule has 3 aromatic rings. The molecule has 0 atom stereocenters. The van der Waals surface area contributed by atoms with Crippen LogP contribution in [-0.4, -0.2) is 14.3 Å². The summed E-state index contributed by atoms with van der Waals surface area (Å²) in [6.45, 7) is 6.07. The van der Waals surface area contributed by atoms with E-state index >= 15 is 0 Å². The average molecular weight is 348 g/mol. The van der Waals surface area contributed by atoms with Gasteiger partial charge in [-0.3, -0.25) is 4.79 Å². The zero-order valence-electron chi connectivity index (χ0n) is 14.1. The Labute approximate surface area is 144 Å². The van der Waals surface area contributed by atoms with Gasteiger partial charge in [-0.05, 0) is 31.4 Å². The van der Waals surface area contributed by atoms with E-state index in [1.54, 1.807) is 29.9 Å². The van der Waals surface area contributed by atoms with Gasteiger partial charge in [0, 0.05) is 24.3 Å². The van der Waals surface area contributed by atoms with Gasteiger partial charge in [0.05, 0.1) is 21.8 Å². The molecular formula is C18H19ClFN3O. The van der Waals surface area contributed by atoms with Crippen LogP contribution in [0.4, 0.5) is 4.39 Å². The van der Waals surface area contributed by atoms with E-state index in [4.69, 9.17) is 11.6 Å². The van der Waals surface area contributed by atoms with E-state index in [-0.39, 0.29) is 10.6 Å². The number of rotatable bonds is 3. The predicted molar refractivity (Wildman–Crippen MR) is 94.6 cm³/mol. The molecule has 6 heteroatoms. The van der Waals surface area contributed by atoms with Gasteiger partial charge in [0.2, 0.25) is 0 Å². The number of benzene rings is 1. The molecule has 0 amide bonds. The third-order valence-electron chi connectivity index (χ3n) is 4.13. The van der Waals surface area contributed by atoms with Crippen LogP contribution in [0.1, 0.15) is 25.2 Å². The Morgan fingerprint density at radius 1 is 1.33 bits per heavy atom. The number of halogens is 2. The Balaban J connectivity index is 2.37. The Morgan fingerprint density at radius 2 is 2.04 bits per heavy atom. The number of nitrogens with zero attached hydrogens (tertiary/aromatic N) is 3. The molecule has 126 valence electrons. The summed E-state index contributed by atoms with van der Waals surface area (Å²) in [5, 5.41) is 5.81. The maximum atomic E-state index is 14.4. The molecule has 0 fully saturated rings. The van der Waals surface area contributed by atoms with Gasteiger partial charge in [-0.25, -0.2) is 9.07 Å². The summed E-state index contributed by atoms with van der Waals surface area (Å²) >= 11 is 5.90. The second kappa shape index (κ2) is 6.06. The Hall–Kier alpha value is -2.14. The molecule has 0 radical (unpaired) electrons. The fraction of sp³-hybridized carbons (Fsp3) is 0.333. The molecule has 0 saturated heterocycles. The van der Waals surface area contributed by atoms with Gasteiger partial charge in [-0.2, -0.15) is 5.10 Å². The first-order valence-electron chi connectivity index (χ1n) is 7.83. The molecular weight excluding hydrogens is 329 g/mol. The summed E-state index contributed by atoms with van der Waals surface area (Å²) in [5.74, 6) is -0.110. The summed E-state index contributed by atoms with van der Waals surface area (Å²) in [4.78, 5) is 12.5. The standard InChI is InChI=1S/C18H19ClFN3O/c1-10(2)8-14-16-11(3)23(9-12(16)18(24)22(4)21-14)15-7-5-6-13(19)17(15)20/h5-7,9-10H,8H2,1-4H3. The SMILES string of the molecule is Cc1c2c(CC(C)C)nn(C)c(=O)c2cn1-c1cccc(Cl)c1F. The van der Waals surface area contributed by atoms with E-state index in [0.29, 0.717) is 17.0 Å². The van der Waals surface area contributed by atoms with E-state index in [9.17, 15) is 9.18 Å². The van der Waals surface area contributed by atoms with Crippen molar-refractivity contribution in [3.8, 4) is 5.69 Å². The molecule has 0 unspecified atom stereocenters. The maximum absolute atomic E-state index is 14.4. The monoisotopic (exact) mass is 347 g/mol. The lowest BCUT2D eigenvalue weighted by Crippen LogP contribution is -2.21. The van der Waals surface area contributed by atoms with E-state index in [0.717, 1.165) is 23.2 Å². The fourth-order valence-electron chi connectivity index (χ4n) is 3.04. The lowest BCUT2D eigenvalue weighted by Gasteiger charge is -2.10. The van der Waals surface area contributed by atoms with E-state index < -0.39 is 5.82 Å². The highest BCUT2D eigenvalue weighted by Crippen LogP contribution is 2.28. The van der Waals surface area contributed by atoms with Gasteiger partial charge in [-0.1, -0.05) is 31.5 Å². The summed E-state index contributed by atoms with van der Waals surface area (Å²) in [5.41, 5.74) is 1.77. The molecule has 0 aliphatic heterocycles. The second-order valence-electron chi connectivity index (χ2n) is 6.42. The molecule has 0 saturated carbocycles. The van der Waals surface area contributed by atoms with Crippen molar-refractivity contribution in [3.05, 3.63) is 57.0 Å². The minimum atomic E-state index is -0.502. The predicted octanol–water partition coefficient (Wildman–Crippen LogP) is 4.02. The molecule has 0 spiro atoms. The number of hydrogen-bond acceptors (Lipinski definition) is 2. The number of aryl methyl sites for hydroxylation is 2. The van der Waals surface area contributed by atoms with Crippen molar-refractivity contribution in [1.29, 1.82) is 0 Å². The third-order valence-corrected chi connectivity index (χ3v) is 4.42. The van der Waals surface area contributed by atoms with Gasteiger partial charge >= 0.3 is 0 Å². The smallest absolute Gasteiger partial charge is 0.275 e. The second-order valence-corrected chi connectivity index (χ2v) is 6.83. The molecule has 24 heavy (non-hydrogen) atoms. The van der Waals surface area contributed by atoms with Crippen LogP contribution in [0.15, 0.2) is 29.2 Å². The van der Waals surface area contributed by atoms with Crippen molar-refractivity contribution in [2.45, 2.75) is 27.2 Å². The van der Waals surface area contributed by atoms with Gasteiger partial charge in [0.25, 0.3) is 5.56 Å². The first-order chi connectivity index (χ1) is 11.3. The first-order valence-corrected chi connectivity index (χ1v) is 8.21. The van der Waals surface area contributed by atoms with E-state index in [2.05, 4.69) is 18.9 Å². The molecule has 2 aromatic heterocycles. The van der Waals surface area contributed by atoms with Crippen LogP contribution in [0.25, 0.3) is 16.5 Å². The van der Waals surface area contributed by atoms with E-state index in [1.807, 2.05) is 6.92 Å². The Kier molecular flexibility index (Phi) is 4.22. The number of fused-ring (bicyclic) bond motifs is 1. The van der Waals surface area contributed by atoms with Crippen molar-refractivity contribution in [1.82, 2.24) is 14.3 Å². The lowest BCUT2D eigenvalue weighted by molar-refractivity contribution is 0.605. The summed E-state index contributed by atoms with van der Waals surface area (Å²) in [6.07, 6.45) is 2.42. The van der Waals surface area contributed by atoms with Gasteiger partial charge in [-0.15, -0.1) is 0 Å². The summed E-state index contributed by atoms with van der Waals surface area (Å²) in [7, 11) is 1.64. The largest absolute Gasteiger partial charge is 0.317 e. The van der Waals surface area contributed by atoms with Crippen LogP contribution >= 0.6 is 11.6 Å². The topological polar surface area (TPSA) is 39.8 Å². The fourth-order valence-corrected chi connectivity index (χ4v) is 3.21. The van der Waals surface area contributed by atoms with Crippen LogP contribution in [0.3, 0.4) is 0 Å². The molecule has 3 rings (SSSR count). The molecule has 2 heterocycles. The number of hydrogen-bond donors (Lipinski definition) is 0. The lowest BCUT2D eigenvalue weighted by atomic mass is 10.0. The zero-order chi connectivity index (χ0) is 17.6. The molecule has 0 bridgehead atoms. The highest BCUT2D eigenvalue weighted by atomic mass is 35.5. The zero-order valence-corrected chi connectivity index (χ0v) is 14.9. The van der Waals surface area contributed by atoms with Gasteiger partial charge in [0.15, 0.2) is 5.82 Å². The van der Waals surface area contributed by atoms with Crippen LogP contribution in [-0.2, 0) is 13.5 Å². The Morgan fingerprint density at radius 3 is 2.71 bits per heavy atom. The van der Waals surface area contributed by atoms with Crippen molar-refractivity contribution in [3.63, 3.8) is 0 Å². The van der Waals surface area contributed by atoms with Crippen molar-refractivity contribution in [2.75, 3.05) is 0 Å². The molecule has 0 aliphatic rings. The maximum Gasteiger partial charge on any atom is 0.275 e. The summed E-state index contributed by atoms with van der Waals surface area (Å²) < 4.78 is 17.5. The molecule has 0 N–H and O–H groups in total. The molecule has 1 aromatic carbocycles. The molecule has 4 nitrogen and oxygen atoms in total. The quantitative estimate of drug-likeness (QED) is 0.717.